The topological polar surface area (TPSA) is 116 Å². The van der Waals surface area contributed by atoms with Gasteiger partial charge in [0.1, 0.15) is 11.6 Å². The van der Waals surface area contributed by atoms with Gasteiger partial charge in [-0.3, -0.25) is 9.57 Å². The van der Waals surface area contributed by atoms with Crippen molar-refractivity contribution < 1.29 is 13.4 Å². The van der Waals surface area contributed by atoms with Crippen molar-refractivity contribution in [2.24, 2.45) is 11.3 Å². The van der Waals surface area contributed by atoms with E-state index in [0.29, 0.717) is 36.8 Å². The summed E-state index contributed by atoms with van der Waals surface area (Å²) >= 11 is 0. The SMILES string of the molecule is N#CC1(CC(=O)[C@@H]2CCCC[C@H]2c2nn(-c3ccc(F)cn3)cc2-c2ccc(N3CCS(=N)(=O)CC3)cc2)CC1. The third-order valence-corrected chi connectivity index (χ3v) is 10.4. The molecule has 2 saturated carbocycles. The Labute approximate surface area is 234 Å². The van der Waals surface area contributed by atoms with Gasteiger partial charge in [0.2, 0.25) is 0 Å². The summed E-state index contributed by atoms with van der Waals surface area (Å²) in [6, 6.07) is 13.5. The molecule has 0 radical (unpaired) electrons. The van der Waals surface area contributed by atoms with Gasteiger partial charge in [0.25, 0.3) is 0 Å². The van der Waals surface area contributed by atoms with Crippen molar-refractivity contribution >= 4 is 21.2 Å². The zero-order chi connectivity index (χ0) is 27.9. The van der Waals surface area contributed by atoms with Crippen molar-refractivity contribution in [2.75, 3.05) is 29.5 Å². The van der Waals surface area contributed by atoms with Gasteiger partial charge < -0.3 is 4.90 Å². The molecule has 2 aromatic heterocycles. The highest BCUT2D eigenvalue weighted by molar-refractivity contribution is 7.92. The molecule has 208 valence electrons. The first-order chi connectivity index (χ1) is 19.3. The summed E-state index contributed by atoms with van der Waals surface area (Å²) in [6.45, 7) is 1.19. The Morgan fingerprint density at radius 1 is 1.12 bits per heavy atom. The molecule has 3 fully saturated rings. The molecule has 40 heavy (non-hydrogen) atoms. The predicted molar refractivity (Wildman–Crippen MR) is 151 cm³/mol. The predicted octanol–water partition coefficient (Wildman–Crippen LogP) is 5.48. The average molecular weight is 561 g/mol. The zero-order valence-corrected chi connectivity index (χ0v) is 23.2. The molecule has 1 aromatic carbocycles. The van der Waals surface area contributed by atoms with Crippen LogP contribution in [0.5, 0.6) is 0 Å². The van der Waals surface area contributed by atoms with Crippen molar-refractivity contribution in [1.29, 1.82) is 10.0 Å². The van der Waals surface area contributed by atoms with Crippen LogP contribution in [0.2, 0.25) is 0 Å². The first kappa shape index (κ1) is 26.6. The Hall–Kier alpha value is -3.58. The number of hydrogen-bond donors (Lipinski definition) is 1. The zero-order valence-electron chi connectivity index (χ0n) is 22.4. The molecule has 8 nitrogen and oxygen atoms in total. The third kappa shape index (κ3) is 5.39. The van der Waals surface area contributed by atoms with Crippen molar-refractivity contribution in [2.45, 2.75) is 50.9 Å². The maximum Gasteiger partial charge on any atom is 0.153 e. The van der Waals surface area contributed by atoms with Crippen LogP contribution in [0.15, 0.2) is 48.8 Å². The number of halogens is 1. The average Bonchev–Trinajstić information content (AvgIpc) is 3.60. The van der Waals surface area contributed by atoms with E-state index in [1.807, 2.05) is 30.5 Å². The lowest BCUT2D eigenvalue weighted by Gasteiger charge is -2.31. The van der Waals surface area contributed by atoms with E-state index in [2.05, 4.69) is 16.0 Å². The number of carbonyl (C=O) groups is 1. The lowest BCUT2D eigenvalue weighted by Crippen LogP contribution is -2.39. The third-order valence-electron chi connectivity index (χ3n) is 8.75. The van der Waals surface area contributed by atoms with E-state index < -0.39 is 21.0 Å². The van der Waals surface area contributed by atoms with Crippen LogP contribution in [0.4, 0.5) is 10.1 Å². The number of nitriles is 1. The number of aromatic nitrogens is 3. The number of pyridine rings is 1. The molecule has 3 aliphatic rings. The Morgan fingerprint density at radius 2 is 1.85 bits per heavy atom. The maximum absolute atomic E-state index is 13.6. The molecule has 6 rings (SSSR count). The minimum atomic E-state index is -2.47. The van der Waals surface area contributed by atoms with E-state index in [4.69, 9.17) is 9.88 Å². The summed E-state index contributed by atoms with van der Waals surface area (Å²) in [4.78, 5) is 19.9. The summed E-state index contributed by atoms with van der Waals surface area (Å²) in [5.74, 6) is 0.736. The van der Waals surface area contributed by atoms with Gasteiger partial charge in [0, 0.05) is 70.0 Å². The molecule has 0 unspecified atom stereocenters. The normalized spacial score (nSPS) is 23.4. The van der Waals surface area contributed by atoms with E-state index in [0.717, 1.165) is 61.0 Å². The largest absolute Gasteiger partial charge is 0.370 e. The number of Topliss-reactive ketones (excluding diaryl/α,β-unsaturated/α-hetero) is 1. The number of nitrogens with one attached hydrogen (secondary N) is 1. The number of carbonyl (C=O) groups excluding carboxylic acids is 1. The molecular formula is C30H33FN6O2S. The lowest BCUT2D eigenvalue weighted by atomic mass is 9.72. The summed E-state index contributed by atoms with van der Waals surface area (Å²) in [5.41, 5.74) is 3.25. The minimum absolute atomic E-state index is 0.0700. The van der Waals surface area contributed by atoms with Gasteiger partial charge in [-0.15, -0.1) is 0 Å². The van der Waals surface area contributed by atoms with Crippen LogP contribution in [0, 0.1) is 33.3 Å². The molecular weight excluding hydrogens is 527 g/mol. The van der Waals surface area contributed by atoms with E-state index in [-0.39, 0.29) is 17.6 Å². The molecule has 3 heterocycles. The van der Waals surface area contributed by atoms with Gasteiger partial charge >= 0.3 is 0 Å². The monoisotopic (exact) mass is 560 g/mol. The molecule has 2 atom stereocenters. The van der Waals surface area contributed by atoms with Crippen molar-refractivity contribution in [1.82, 2.24) is 14.8 Å². The number of hydrogen-bond acceptors (Lipinski definition) is 7. The second-order valence-corrected chi connectivity index (χ2v) is 13.9. The number of nitrogens with zero attached hydrogens (tertiary/aromatic N) is 5. The van der Waals surface area contributed by atoms with Crippen LogP contribution in [0.3, 0.4) is 0 Å². The summed E-state index contributed by atoms with van der Waals surface area (Å²) in [6.07, 6.45) is 8.61. The van der Waals surface area contributed by atoms with Crippen LogP contribution in [-0.2, 0) is 14.5 Å². The Bertz CT molecular complexity index is 1540. The fraction of sp³-hybridized carbons (Fsp3) is 0.467. The highest BCUT2D eigenvalue weighted by atomic mass is 32.2. The number of rotatable bonds is 7. The van der Waals surface area contributed by atoms with Crippen molar-refractivity contribution in [3.63, 3.8) is 0 Å². The second kappa shape index (κ2) is 10.4. The summed E-state index contributed by atoms with van der Waals surface area (Å²) < 4.78 is 35.2. The van der Waals surface area contributed by atoms with E-state index >= 15 is 0 Å². The van der Waals surface area contributed by atoms with Gasteiger partial charge in [-0.25, -0.2) is 18.3 Å². The molecule has 3 aromatic rings. The fourth-order valence-corrected chi connectivity index (χ4v) is 7.37. The molecule has 0 bridgehead atoms. The van der Waals surface area contributed by atoms with Crippen LogP contribution in [-0.4, -0.2) is 49.4 Å². The van der Waals surface area contributed by atoms with Gasteiger partial charge in [-0.1, -0.05) is 25.0 Å². The van der Waals surface area contributed by atoms with Crippen LogP contribution >= 0.6 is 0 Å². The highest BCUT2D eigenvalue weighted by Crippen LogP contribution is 2.51. The number of benzene rings is 1. The summed E-state index contributed by atoms with van der Waals surface area (Å²) in [5, 5.41) is 14.5. The maximum atomic E-state index is 13.6. The quantitative estimate of drug-likeness (QED) is 0.409. The molecule has 10 heteroatoms. The summed E-state index contributed by atoms with van der Waals surface area (Å²) in [7, 11) is -2.47. The van der Waals surface area contributed by atoms with Gasteiger partial charge in [-0.2, -0.15) is 10.4 Å². The minimum Gasteiger partial charge on any atom is -0.370 e. The van der Waals surface area contributed by atoms with Crippen molar-refractivity contribution in [3.8, 4) is 23.0 Å². The Kier molecular flexibility index (Phi) is 6.95. The van der Waals surface area contributed by atoms with E-state index in [1.165, 1.54) is 12.3 Å². The molecule has 1 saturated heterocycles. The Balaban J connectivity index is 1.35. The second-order valence-electron chi connectivity index (χ2n) is 11.5. The lowest BCUT2D eigenvalue weighted by molar-refractivity contribution is -0.125. The fourth-order valence-electron chi connectivity index (χ4n) is 6.13. The van der Waals surface area contributed by atoms with Gasteiger partial charge in [0.15, 0.2) is 5.82 Å². The first-order valence-electron chi connectivity index (χ1n) is 14.0. The Morgan fingerprint density at radius 3 is 2.50 bits per heavy atom. The smallest absolute Gasteiger partial charge is 0.153 e. The van der Waals surface area contributed by atoms with E-state index in [9.17, 15) is 18.7 Å². The number of anilines is 1. The van der Waals surface area contributed by atoms with E-state index in [1.54, 1.807) is 10.7 Å². The molecule has 0 amide bonds. The molecule has 2 aliphatic carbocycles. The van der Waals surface area contributed by atoms with Crippen LogP contribution in [0.1, 0.15) is 56.6 Å². The van der Waals surface area contributed by atoms with Crippen molar-refractivity contribution in [3.05, 3.63) is 60.3 Å². The molecule has 0 spiro atoms. The molecule has 1 N–H and O–H groups in total. The first-order valence-corrected chi connectivity index (χ1v) is 15.9. The highest BCUT2D eigenvalue weighted by Gasteiger charge is 2.47. The van der Waals surface area contributed by atoms with Crippen LogP contribution in [0.25, 0.3) is 16.9 Å². The van der Waals surface area contributed by atoms with Gasteiger partial charge in [-0.05, 0) is 55.5 Å². The van der Waals surface area contributed by atoms with Gasteiger partial charge in [0.05, 0.1) is 23.4 Å². The number of ketones is 1. The standard InChI is InChI=1S/C30H33FN6O2S/c31-22-7-10-28(34-18-22)37-19-26(21-5-8-23(9-6-21)36-13-15-40(33,39)16-14-36)29(35-37)25-4-2-1-3-24(25)27(38)17-30(20-32)11-12-30/h5-10,18-19,24-25,33H,1-4,11-17H2/t24-,25-/m1/s1. The molecule has 1 aliphatic heterocycles. The van der Waals surface area contributed by atoms with Crippen LogP contribution < -0.4 is 4.90 Å².